The first-order valence-corrected chi connectivity index (χ1v) is 7.44. The Morgan fingerprint density at radius 1 is 1.19 bits per heavy atom. The van der Waals surface area contributed by atoms with Gasteiger partial charge in [0.15, 0.2) is 5.78 Å². The molecule has 1 atom stereocenters. The first-order chi connectivity index (χ1) is 10.2. The van der Waals surface area contributed by atoms with Gasteiger partial charge in [-0.15, -0.1) is 0 Å². The van der Waals surface area contributed by atoms with E-state index in [9.17, 15) is 4.79 Å². The van der Waals surface area contributed by atoms with Crippen LogP contribution in [-0.4, -0.2) is 12.9 Å². The van der Waals surface area contributed by atoms with Gasteiger partial charge < -0.3 is 4.74 Å². The van der Waals surface area contributed by atoms with Gasteiger partial charge in [-0.2, -0.15) is 0 Å². The minimum atomic E-state index is 0.104. The van der Waals surface area contributed by atoms with Crippen molar-refractivity contribution in [1.82, 2.24) is 0 Å². The predicted molar refractivity (Wildman–Crippen MR) is 84.0 cm³/mol. The molecule has 2 aromatic carbocycles. The quantitative estimate of drug-likeness (QED) is 0.849. The molecule has 0 heterocycles. The Hall–Kier alpha value is -2.09. The summed E-state index contributed by atoms with van der Waals surface area (Å²) in [6.45, 7) is 2.11. The Balaban J connectivity index is 1.84. The summed E-state index contributed by atoms with van der Waals surface area (Å²) in [5, 5.41) is 0. The molecule has 2 aromatic rings. The van der Waals surface area contributed by atoms with Crippen LogP contribution in [-0.2, 0) is 12.8 Å². The number of methoxy groups -OCH3 is 1. The van der Waals surface area contributed by atoms with E-state index in [1.807, 2.05) is 24.3 Å². The van der Waals surface area contributed by atoms with Crippen LogP contribution in [0, 0.1) is 12.8 Å². The molecule has 0 spiro atoms. The normalized spacial score (nSPS) is 17.4. The van der Waals surface area contributed by atoms with E-state index in [1.165, 1.54) is 11.1 Å². The number of rotatable bonds is 3. The molecule has 0 saturated heterocycles. The van der Waals surface area contributed by atoms with E-state index in [0.29, 0.717) is 0 Å². The lowest BCUT2D eigenvalue weighted by atomic mass is 9.79. The van der Waals surface area contributed by atoms with Crippen molar-refractivity contribution in [2.75, 3.05) is 7.11 Å². The van der Waals surface area contributed by atoms with Crippen molar-refractivity contribution in [3.05, 3.63) is 64.7 Å². The van der Waals surface area contributed by atoms with Gasteiger partial charge in [0.2, 0.25) is 0 Å². The Bertz CT molecular complexity index is 673. The van der Waals surface area contributed by atoms with Crippen LogP contribution < -0.4 is 4.74 Å². The third-order valence-electron chi connectivity index (χ3n) is 4.44. The minimum Gasteiger partial charge on any atom is -0.497 e. The van der Waals surface area contributed by atoms with Crippen molar-refractivity contribution < 1.29 is 9.53 Å². The maximum absolute atomic E-state index is 12.7. The van der Waals surface area contributed by atoms with E-state index >= 15 is 0 Å². The second-order valence-corrected chi connectivity index (χ2v) is 5.75. The number of fused-ring (bicyclic) bond motifs is 1. The van der Waals surface area contributed by atoms with Gasteiger partial charge in [0.1, 0.15) is 5.75 Å². The summed E-state index contributed by atoms with van der Waals surface area (Å²) in [6, 6.07) is 14.1. The number of carbonyl (C=O) groups is 1. The number of benzene rings is 2. The van der Waals surface area contributed by atoms with Crippen LogP contribution in [0.2, 0.25) is 0 Å². The molecule has 2 nitrogen and oxygen atoms in total. The second-order valence-electron chi connectivity index (χ2n) is 5.75. The van der Waals surface area contributed by atoms with Crippen molar-refractivity contribution >= 4 is 5.78 Å². The van der Waals surface area contributed by atoms with Crippen molar-refractivity contribution in [1.29, 1.82) is 0 Å². The lowest BCUT2D eigenvalue weighted by molar-refractivity contribution is 0.0901. The summed E-state index contributed by atoms with van der Waals surface area (Å²) >= 11 is 0. The maximum Gasteiger partial charge on any atom is 0.166 e. The van der Waals surface area contributed by atoms with Crippen LogP contribution in [0.1, 0.15) is 33.5 Å². The predicted octanol–water partition coefficient (Wildman–Crippen LogP) is 3.99. The van der Waals surface area contributed by atoms with E-state index in [1.54, 1.807) is 7.11 Å². The number of aryl methyl sites for hydroxylation is 2. The highest BCUT2D eigenvalue weighted by Gasteiger charge is 2.27. The van der Waals surface area contributed by atoms with Gasteiger partial charge in [-0.05, 0) is 61.1 Å². The molecule has 0 saturated carbocycles. The summed E-state index contributed by atoms with van der Waals surface area (Å²) in [7, 11) is 1.66. The van der Waals surface area contributed by atoms with Crippen molar-refractivity contribution in [3.8, 4) is 5.75 Å². The van der Waals surface area contributed by atoms with Gasteiger partial charge in [0, 0.05) is 11.5 Å². The van der Waals surface area contributed by atoms with Crippen molar-refractivity contribution in [2.24, 2.45) is 5.92 Å². The maximum atomic E-state index is 12.7. The highest BCUT2D eigenvalue weighted by molar-refractivity contribution is 6.00. The summed E-state index contributed by atoms with van der Waals surface area (Å²) in [6.07, 6.45) is 2.72. The molecule has 0 aliphatic heterocycles. The van der Waals surface area contributed by atoms with Crippen LogP contribution >= 0.6 is 0 Å². The van der Waals surface area contributed by atoms with Gasteiger partial charge in [-0.25, -0.2) is 0 Å². The zero-order valence-corrected chi connectivity index (χ0v) is 12.6. The lowest BCUT2D eigenvalue weighted by Crippen LogP contribution is -2.24. The topological polar surface area (TPSA) is 26.3 Å². The molecule has 21 heavy (non-hydrogen) atoms. The molecular weight excluding hydrogens is 260 g/mol. The SMILES string of the molecule is COc1ccc2c(c1)CC[C@H](Cc1ccccc1C)C2=O. The highest BCUT2D eigenvalue weighted by atomic mass is 16.5. The third-order valence-corrected chi connectivity index (χ3v) is 4.44. The molecule has 0 amide bonds. The molecular formula is C19H20O2. The van der Waals surface area contributed by atoms with E-state index in [0.717, 1.165) is 36.1 Å². The van der Waals surface area contributed by atoms with Crippen molar-refractivity contribution in [2.45, 2.75) is 26.2 Å². The number of carbonyl (C=O) groups excluding carboxylic acids is 1. The molecule has 0 N–H and O–H groups in total. The average molecular weight is 280 g/mol. The number of hydrogen-bond acceptors (Lipinski definition) is 2. The first-order valence-electron chi connectivity index (χ1n) is 7.44. The van der Waals surface area contributed by atoms with E-state index in [4.69, 9.17) is 4.74 Å². The van der Waals surface area contributed by atoms with E-state index in [2.05, 4.69) is 25.1 Å². The van der Waals surface area contributed by atoms with Crippen LogP contribution in [0.4, 0.5) is 0 Å². The van der Waals surface area contributed by atoms with Gasteiger partial charge in [0.25, 0.3) is 0 Å². The van der Waals surface area contributed by atoms with Crippen LogP contribution in [0.3, 0.4) is 0 Å². The molecule has 1 aliphatic rings. The fraction of sp³-hybridized carbons (Fsp3) is 0.316. The Morgan fingerprint density at radius 3 is 2.76 bits per heavy atom. The van der Waals surface area contributed by atoms with Gasteiger partial charge in [-0.3, -0.25) is 4.79 Å². The van der Waals surface area contributed by atoms with Crippen molar-refractivity contribution in [3.63, 3.8) is 0 Å². The van der Waals surface area contributed by atoms with Gasteiger partial charge in [-0.1, -0.05) is 24.3 Å². The Morgan fingerprint density at radius 2 is 2.00 bits per heavy atom. The molecule has 1 aliphatic carbocycles. The molecule has 0 fully saturated rings. The molecule has 108 valence electrons. The summed E-state index contributed by atoms with van der Waals surface area (Å²) < 4.78 is 5.24. The third kappa shape index (κ3) is 2.71. The molecule has 0 bridgehead atoms. The zero-order valence-electron chi connectivity index (χ0n) is 12.6. The summed E-state index contributed by atoms with van der Waals surface area (Å²) in [5.41, 5.74) is 4.56. The summed E-state index contributed by atoms with van der Waals surface area (Å²) in [5.74, 6) is 1.22. The van der Waals surface area contributed by atoms with Crippen LogP contribution in [0.25, 0.3) is 0 Å². The number of ether oxygens (including phenoxy) is 1. The highest BCUT2D eigenvalue weighted by Crippen LogP contribution is 2.30. The summed E-state index contributed by atoms with van der Waals surface area (Å²) in [4.78, 5) is 12.7. The van der Waals surface area contributed by atoms with E-state index < -0.39 is 0 Å². The fourth-order valence-corrected chi connectivity index (χ4v) is 3.12. The standard InChI is InChI=1S/C19H20O2/c1-13-5-3-4-6-14(13)11-16-8-7-15-12-17(21-2)9-10-18(15)19(16)20/h3-6,9-10,12,16H,7-8,11H2,1-2H3/t16-/m1/s1. The van der Waals surface area contributed by atoms with Crippen LogP contribution in [0.15, 0.2) is 42.5 Å². The Labute approximate surface area is 125 Å². The minimum absolute atomic E-state index is 0.104. The average Bonchev–Trinajstić information content (AvgIpc) is 2.51. The van der Waals surface area contributed by atoms with Crippen LogP contribution in [0.5, 0.6) is 5.75 Å². The fourth-order valence-electron chi connectivity index (χ4n) is 3.12. The van der Waals surface area contributed by atoms with E-state index in [-0.39, 0.29) is 11.7 Å². The zero-order chi connectivity index (χ0) is 14.8. The molecule has 2 heteroatoms. The molecule has 0 aromatic heterocycles. The smallest absolute Gasteiger partial charge is 0.166 e. The van der Waals surface area contributed by atoms with Gasteiger partial charge in [0.05, 0.1) is 7.11 Å². The monoisotopic (exact) mass is 280 g/mol. The largest absolute Gasteiger partial charge is 0.497 e. The molecule has 0 unspecified atom stereocenters. The number of hydrogen-bond donors (Lipinski definition) is 0. The Kier molecular flexibility index (Phi) is 3.78. The second kappa shape index (κ2) is 5.72. The number of Topliss-reactive ketones (excluding diaryl/α,β-unsaturated/α-hetero) is 1. The number of ketones is 1. The molecule has 3 rings (SSSR count). The molecule has 0 radical (unpaired) electrons. The lowest BCUT2D eigenvalue weighted by Gasteiger charge is -2.24. The van der Waals surface area contributed by atoms with Gasteiger partial charge >= 0.3 is 0 Å². The first kappa shape index (κ1) is 13.9.